The van der Waals surface area contributed by atoms with Gasteiger partial charge in [-0.25, -0.2) is 23.6 Å². The number of nitrogens with zero attached hydrogens (tertiary/aromatic N) is 3. The van der Waals surface area contributed by atoms with E-state index in [2.05, 4.69) is 14.8 Å². The molecule has 1 heterocycles. The summed E-state index contributed by atoms with van der Waals surface area (Å²) in [5.41, 5.74) is -0.584. The fraction of sp³-hybridized carbons (Fsp3) is 0.0909. The van der Waals surface area contributed by atoms with Gasteiger partial charge in [-0.15, -0.1) is 5.10 Å². The number of rotatable bonds is 3. The standard InChI is InChI=1S/C11H8FN3O4/c1-19-11(18)9-13-5-15(14-9)8-6(10(16)17)3-2-4-7(8)12/h2-5H,1H3,(H,16,17). The second-order valence-electron chi connectivity index (χ2n) is 3.45. The summed E-state index contributed by atoms with van der Waals surface area (Å²) < 4.78 is 19.0. The van der Waals surface area contributed by atoms with Gasteiger partial charge in [0, 0.05) is 0 Å². The van der Waals surface area contributed by atoms with Crippen LogP contribution < -0.4 is 0 Å². The Hall–Kier alpha value is -2.77. The number of ether oxygens (including phenoxy) is 1. The molecule has 0 radical (unpaired) electrons. The lowest BCUT2D eigenvalue weighted by molar-refractivity contribution is 0.0586. The molecule has 7 nitrogen and oxygen atoms in total. The van der Waals surface area contributed by atoms with Gasteiger partial charge < -0.3 is 9.84 Å². The van der Waals surface area contributed by atoms with Crippen LogP contribution in [0.2, 0.25) is 0 Å². The van der Waals surface area contributed by atoms with E-state index >= 15 is 0 Å². The summed E-state index contributed by atoms with van der Waals surface area (Å²) in [4.78, 5) is 25.8. The van der Waals surface area contributed by atoms with Gasteiger partial charge in [-0.2, -0.15) is 0 Å². The Bertz CT molecular complexity index is 653. The number of methoxy groups -OCH3 is 1. The highest BCUT2D eigenvalue weighted by Gasteiger charge is 2.19. The summed E-state index contributed by atoms with van der Waals surface area (Å²) in [7, 11) is 1.15. The number of aromatic nitrogens is 3. The largest absolute Gasteiger partial charge is 0.478 e. The minimum atomic E-state index is -1.32. The van der Waals surface area contributed by atoms with Crippen molar-refractivity contribution in [2.75, 3.05) is 7.11 Å². The number of carbonyl (C=O) groups excluding carboxylic acids is 1. The molecular formula is C11H8FN3O4. The maximum Gasteiger partial charge on any atom is 0.377 e. The van der Waals surface area contributed by atoms with Crippen molar-refractivity contribution >= 4 is 11.9 Å². The van der Waals surface area contributed by atoms with E-state index in [4.69, 9.17) is 5.11 Å². The van der Waals surface area contributed by atoms with Crippen molar-refractivity contribution < 1.29 is 23.8 Å². The summed E-state index contributed by atoms with van der Waals surface area (Å²) in [6.07, 6.45) is 1.04. The molecule has 0 atom stereocenters. The molecule has 1 aromatic carbocycles. The number of para-hydroxylation sites is 1. The average Bonchev–Trinajstić information content (AvgIpc) is 2.86. The smallest absolute Gasteiger partial charge is 0.377 e. The molecule has 1 N–H and O–H groups in total. The van der Waals surface area contributed by atoms with Crippen molar-refractivity contribution in [2.45, 2.75) is 0 Å². The molecule has 0 bridgehead atoms. The SMILES string of the molecule is COC(=O)c1ncn(-c2c(F)cccc2C(=O)O)n1. The van der Waals surface area contributed by atoms with Gasteiger partial charge in [-0.3, -0.25) is 0 Å². The van der Waals surface area contributed by atoms with E-state index in [1.807, 2.05) is 0 Å². The third-order valence-corrected chi connectivity index (χ3v) is 2.31. The molecule has 8 heteroatoms. The minimum absolute atomic E-state index is 0.290. The topological polar surface area (TPSA) is 94.3 Å². The first kappa shape index (κ1) is 12.7. The van der Waals surface area contributed by atoms with Gasteiger partial charge in [0.15, 0.2) is 0 Å². The molecule has 0 saturated heterocycles. The fourth-order valence-electron chi connectivity index (χ4n) is 1.48. The Labute approximate surface area is 106 Å². The summed E-state index contributed by atoms with van der Waals surface area (Å²) in [6.45, 7) is 0. The molecule has 2 rings (SSSR count). The zero-order chi connectivity index (χ0) is 14.0. The molecule has 98 valence electrons. The molecule has 0 aliphatic rings. The highest BCUT2D eigenvalue weighted by molar-refractivity contribution is 5.92. The molecular weight excluding hydrogens is 257 g/mol. The number of carboxylic acid groups (broad SMARTS) is 1. The number of carboxylic acids is 1. The molecule has 0 aliphatic heterocycles. The molecule has 1 aromatic heterocycles. The van der Waals surface area contributed by atoms with Crippen LogP contribution in [0, 0.1) is 5.82 Å². The predicted octanol–water partition coefficient (Wildman–Crippen LogP) is 0.891. The molecule has 0 spiro atoms. The summed E-state index contributed by atoms with van der Waals surface area (Å²) >= 11 is 0. The van der Waals surface area contributed by atoms with Crippen LogP contribution >= 0.6 is 0 Å². The van der Waals surface area contributed by atoms with E-state index in [1.54, 1.807) is 0 Å². The van der Waals surface area contributed by atoms with Crippen LogP contribution in [0.25, 0.3) is 5.69 Å². The first-order valence-corrected chi connectivity index (χ1v) is 5.06. The van der Waals surface area contributed by atoms with Crippen molar-refractivity contribution in [2.24, 2.45) is 0 Å². The van der Waals surface area contributed by atoms with Gasteiger partial charge in [0.25, 0.3) is 5.82 Å². The molecule has 0 fully saturated rings. The van der Waals surface area contributed by atoms with E-state index in [1.165, 1.54) is 12.1 Å². The maximum absolute atomic E-state index is 13.7. The van der Waals surface area contributed by atoms with Crippen molar-refractivity contribution in [3.05, 3.63) is 41.7 Å². The van der Waals surface area contributed by atoms with Crippen molar-refractivity contribution in [1.82, 2.24) is 14.8 Å². The Morgan fingerprint density at radius 1 is 1.42 bits per heavy atom. The van der Waals surface area contributed by atoms with Crippen LogP contribution in [0.5, 0.6) is 0 Å². The zero-order valence-electron chi connectivity index (χ0n) is 9.70. The predicted molar refractivity (Wildman–Crippen MR) is 59.6 cm³/mol. The number of benzene rings is 1. The molecule has 0 saturated carbocycles. The Kier molecular flexibility index (Phi) is 3.23. The number of aromatic carboxylic acids is 1. The highest BCUT2D eigenvalue weighted by Crippen LogP contribution is 2.18. The van der Waals surface area contributed by atoms with E-state index in [0.717, 1.165) is 24.2 Å². The minimum Gasteiger partial charge on any atom is -0.478 e. The lowest BCUT2D eigenvalue weighted by atomic mass is 10.1. The molecule has 2 aromatic rings. The zero-order valence-corrected chi connectivity index (χ0v) is 9.70. The lowest BCUT2D eigenvalue weighted by Gasteiger charge is -2.06. The van der Waals surface area contributed by atoms with E-state index in [-0.39, 0.29) is 17.1 Å². The number of esters is 1. The maximum atomic E-state index is 13.7. The number of hydrogen-bond acceptors (Lipinski definition) is 5. The number of halogens is 1. The van der Waals surface area contributed by atoms with Gasteiger partial charge >= 0.3 is 11.9 Å². The number of carbonyl (C=O) groups is 2. The van der Waals surface area contributed by atoms with Gasteiger partial charge in [0.2, 0.25) is 0 Å². The Balaban J connectivity index is 2.56. The highest BCUT2D eigenvalue weighted by atomic mass is 19.1. The number of hydrogen-bond donors (Lipinski definition) is 1. The van der Waals surface area contributed by atoms with Crippen LogP contribution in [0.1, 0.15) is 21.0 Å². The van der Waals surface area contributed by atoms with Crippen LogP contribution in [0.4, 0.5) is 4.39 Å². The quantitative estimate of drug-likeness (QED) is 0.828. The third kappa shape index (κ3) is 2.28. The van der Waals surface area contributed by atoms with E-state index in [9.17, 15) is 14.0 Å². The monoisotopic (exact) mass is 265 g/mol. The fourth-order valence-corrected chi connectivity index (χ4v) is 1.48. The van der Waals surface area contributed by atoms with Crippen LogP contribution in [0.15, 0.2) is 24.5 Å². The molecule has 0 amide bonds. The van der Waals surface area contributed by atoms with Crippen molar-refractivity contribution in [1.29, 1.82) is 0 Å². The normalized spacial score (nSPS) is 10.2. The van der Waals surface area contributed by atoms with Crippen molar-refractivity contribution in [3.63, 3.8) is 0 Å². The van der Waals surface area contributed by atoms with Gasteiger partial charge in [-0.05, 0) is 12.1 Å². The van der Waals surface area contributed by atoms with Crippen LogP contribution in [-0.4, -0.2) is 38.9 Å². The van der Waals surface area contributed by atoms with E-state index in [0.29, 0.717) is 0 Å². The third-order valence-electron chi connectivity index (χ3n) is 2.31. The van der Waals surface area contributed by atoms with Gasteiger partial charge in [0.05, 0.1) is 12.7 Å². The summed E-state index contributed by atoms with van der Waals surface area (Å²) in [5, 5.41) is 12.7. The molecule has 0 aliphatic carbocycles. The second-order valence-corrected chi connectivity index (χ2v) is 3.45. The lowest BCUT2D eigenvalue weighted by Crippen LogP contribution is -2.10. The summed E-state index contributed by atoms with van der Waals surface area (Å²) in [6, 6.07) is 3.57. The van der Waals surface area contributed by atoms with Crippen LogP contribution in [0.3, 0.4) is 0 Å². The Morgan fingerprint density at radius 2 is 2.16 bits per heavy atom. The van der Waals surface area contributed by atoms with E-state index < -0.39 is 17.8 Å². The van der Waals surface area contributed by atoms with Crippen molar-refractivity contribution in [3.8, 4) is 5.69 Å². The van der Waals surface area contributed by atoms with Crippen LogP contribution in [-0.2, 0) is 4.74 Å². The average molecular weight is 265 g/mol. The Morgan fingerprint density at radius 3 is 2.79 bits per heavy atom. The first-order chi connectivity index (χ1) is 9.04. The van der Waals surface area contributed by atoms with Gasteiger partial charge in [0.1, 0.15) is 17.8 Å². The second kappa shape index (κ2) is 4.84. The molecule has 0 unspecified atom stereocenters. The van der Waals surface area contributed by atoms with Gasteiger partial charge in [-0.1, -0.05) is 6.07 Å². The first-order valence-electron chi connectivity index (χ1n) is 5.06. The molecule has 19 heavy (non-hydrogen) atoms. The summed E-state index contributed by atoms with van der Waals surface area (Å²) in [5.74, 6) is -3.19.